The summed E-state index contributed by atoms with van der Waals surface area (Å²) in [6.07, 6.45) is 0. The van der Waals surface area contributed by atoms with Crippen molar-refractivity contribution in [2.45, 2.75) is 13.0 Å². The molecule has 0 heterocycles. The molecule has 1 atom stereocenters. The predicted octanol–water partition coefficient (Wildman–Crippen LogP) is 1.28. The first-order chi connectivity index (χ1) is 5.65. The summed E-state index contributed by atoms with van der Waals surface area (Å²) in [5.41, 5.74) is 6.67. The zero-order valence-corrected chi connectivity index (χ0v) is 6.78. The maximum absolute atomic E-state index is 9.36. The zero-order chi connectivity index (χ0) is 9.14. The van der Waals surface area contributed by atoms with Gasteiger partial charge >= 0.3 is 0 Å². The van der Waals surface area contributed by atoms with Crippen LogP contribution in [0.15, 0.2) is 18.2 Å². The van der Waals surface area contributed by atoms with Crippen molar-refractivity contribution in [3.05, 3.63) is 29.3 Å². The summed E-state index contributed by atoms with van der Waals surface area (Å²) in [5.74, 6) is 0.0871. The van der Waals surface area contributed by atoms with E-state index in [0.29, 0.717) is 11.1 Å². The fourth-order valence-electron chi connectivity index (χ4n) is 0.998. The van der Waals surface area contributed by atoms with E-state index in [-0.39, 0.29) is 11.8 Å². The molecule has 1 aromatic rings. The summed E-state index contributed by atoms with van der Waals surface area (Å²) >= 11 is 0. The van der Waals surface area contributed by atoms with Gasteiger partial charge in [0.05, 0.1) is 11.6 Å². The van der Waals surface area contributed by atoms with Crippen LogP contribution in [0, 0.1) is 11.3 Å². The number of benzene rings is 1. The third-order valence-corrected chi connectivity index (χ3v) is 1.65. The lowest BCUT2D eigenvalue weighted by Gasteiger charge is -2.07. The minimum Gasteiger partial charge on any atom is -0.508 e. The Balaban J connectivity index is 3.14. The van der Waals surface area contributed by atoms with Crippen molar-refractivity contribution >= 4 is 0 Å². The summed E-state index contributed by atoms with van der Waals surface area (Å²) in [6.45, 7) is 1.78. The molecule has 0 aromatic heterocycles. The lowest BCUT2D eigenvalue weighted by Crippen LogP contribution is -2.04. The lowest BCUT2D eigenvalue weighted by molar-refractivity contribution is 0.463. The maximum Gasteiger partial charge on any atom is 0.121 e. The first kappa shape index (κ1) is 8.57. The predicted molar refractivity (Wildman–Crippen MR) is 45.4 cm³/mol. The van der Waals surface area contributed by atoms with Crippen LogP contribution in [-0.4, -0.2) is 5.11 Å². The number of phenols is 1. The third-order valence-electron chi connectivity index (χ3n) is 1.65. The van der Waals surface area contributed by atoms with Gasteiger partial charge in [-0.05, 0) is 19.1 Å². The molecule has 0 bridgehead atoms. The van der Waals surface area contributed by atoms with E-state index in [1.54, 1.807) is 19.1 Å². The van der Waals surface area contributed by atoms with Crippen LogP contribution in [-0.2, 0) is 0 Å². The largest absolute Gasteiger partial charge is 0.508 e. The first-order valence-electron chi connectivity index (χ1n) is 3.63. The van der Waals surface area contributed by atoms with Crippen molar-refractivity contribution in [1.29, 1.82) is 5.26 Å². The van der Waals surface area contributed by atoms with E-state index >= 15 is 0 Å². The van der Waals surface area contributed by atoms with Crippen LogP contribution in [0.4, 0.5) is 0 Å². The van der Waals surface area contributed by atoms with Crippen LogP contribution < -0.4 is 5.73 Å². The molecule has 1 rings (SSSR count). The number of aromatic hydroxyl groups is 1. The minimum absolute atomic E-state index is 0.0871. The van der Waals surface area contributed by atoms with Gasteiger partial charge < -0.3 is 10.8 Å². The number of nitriles is 1. The van der Waals surface area contributed by atoms with Gasteiger partial charge in [-0.25, -0.2) is 0 Å². The first-order valence-corrected chi connectivity index (χ1v) is 3.63. The minimum atomic E-state index is -0.210. The van der Waals surface area contributed by atoms with Crippen LogP contribution in [0.5, 0.6) is 5.75 Å². The number of rotatable bonds is 1. The fraction of sp³-hybridized carbons (Fsp3) is 0.222. The van der Waals surface area contributed by atoms with Crippen molar-refractivity contribution in [3.63, 3.8) is 0 Å². The Bertz CT molecular complexity index is 326. The zero-order valence-electron chi connectivity index (χ0n) is 6.78. The smallest absolute Gasteiger partial charge is 0.121 e. The molecule has 3 nitrogen and oxygen atoms in total. The normalized spacial score (nSPS) is 12.1. The van der Waals surface area contributed by atoms with Crippen molar-refractivity contribution < 1.29 is 5.11 Å². The summed E-state index contributed by atoms with van der Waals surface area (Å²) in [4.78, 5) is 0. The van der Waals surface area contributed by atoms with Crippen LogP contribution in [0.25, 0.3) is 0 Å². The Morgan fingerprint density at radius 3 is 2.67 bits per heavy atom. The average molecular weight is 162 g/mol. The highest BCUT2D eigenvalue weighted by Gasteiger charge is 2.05. The molecule has 3 heteroatoms. The molecule has 0 amide bonds. The Morgan fingerprint density at radius 1 is 1.58 bits per heavy atom. The van der Waals surface area contributed by atoms with E-state index in [0.717, 1.165) is 0 Å². The fourth-order valence-corrected chi connectivity index (χ4v) is 0.998. The maximum atomic E-state index is 9.36. The molecule has 0 spiro atoms. The summed E-state index contributed by atoms with van der Waals surface area (Å²) in [6, 6.07) is 6.44. The van der Waals surface area contributed by atoms with Gasteiger partial charge in [0.15, 0.2) is 0 Å². The summed E-state index contributed by atoms with van der Waals surface area (Å²) in [5, 5.41) is 17.9. The Kier molecular flexibility index (Phi) is 2.32. The van der Waals surface area contributed by atoms with Gasteiger partial charge in [-0.2, -0.15) is 5.26 Å². The van der Waals surface area contributed by atoms with Crippen molar-refractivity contribution in [3.8, 4) is 11.8 Å². The Morgan fingerprint density at radius 2 is 2.25 bits per heavy atom. The van der Waals surface area contributed by atoms with E-state index in [4.69, 9.17) is 11.0 Å². The van der Waals surface area contributed by atoms with Crippen LogP contribution in [0.1, 0.15) is 24.1 Å². The third kappa shape index (κ3) is 1.55. The molecule has 12 heavy (non-hydrogen) atoms. The number of hydrogen-bond acceptors (Lipinski definition) is 3. The Hall–Kier alpha value is -1.53. The van der Waals surface area contributed by atoms with E-state index in [9.17, 15) is 5.11 Å². The van der Waals surface area contributed by atoms with E-state index < -0.39 is 0 Å². The molecular formula is C9H10N2O. The molecule has 0 saturated heterocycles. The second-order valence-electron chi connectivity index (χ2n) is 2.67. The number of nitrogens with two attached hydrogens (primary N) is 1. The average Bonchev–Trinajstić information content (AvgIpc) is 2.03. The van der Waals surface area contributed by atoms with Crippen LogP contribution in [0.2, 0.25) is 0 Å². The van der Waals surface area contributed by atoms with Crippen molar-refractivity contribution in [2.24, 2.45) is 5.73 Å². The van der Waals surface area contributed by atoms with Gasteiger partial charge in [0.25, 0.3) is 0 Å². The number of phenolic OH excluding ortho intramolecular Hbond substituents is 1. The molecule has 0 fully saturated rings. The quantitative estimate of drug-likeness (QED) is 0.653. The topological polar surface area (TPSA) is 70.0 Å². The number of nitrogens with zero attached hydrogens (tertiary/aromatic N) is 1. The van der Waals surface area contributed by atoms with Gasteiger partial charge in [0.2, 0.25) is 0 Å². The van der Waals surface area contributed by atoms with Crippen LogP contribution in [0.3, 0.4) is 0 Å². The molecule has 1 unspecified atom stereocenters. The monoisotopic (exact) mass is 162 g/mol. The second-order valence-corrected chi connectivity index (χ2v) is 2.67. The van der Waals surface area contributed by atoms with E-state index in [1.165, 1.54) is 6.07 Å². The van der Waals surface area contributed by atoms with E-state index in [1.807, 2.05) is 6.07 Å². The molecule has 3 N–H and O–H groups in total. The highest BCUT2D eigenvalue weighted by Crippen LogP contribution is 2.22. The Labute approximate surface area is 71.1 Å². The molecular weight excluding hydrogens is 152 g/mol. The molecule has 0 aliphatic carbocycles. The lowest BCUT2D eigenvalue weighted by atomic mass is 10.1. The van der Waals surface area contributed by atoms with Crippen molar-refractivity contribution in [2.75, 3.05) is 0 Å². The van der Waals surface area contributed by atoms with Gasteiger partial charge in [-0.15, -0.1) is 0 Å². The molecule has 0 radical (unpaired) electrons. The molecule has 1 aromatic carbocycles. The van der Waals surface area contributed by atoms with Gasteiger partial charge in [0, 0.05) is 11.6 Å². The van der Waals surface area contributed by atoms with E-state index in [2.05, 4.69) is 0 Å². The molecule has 62 valence electrons. The highest BCUT2D eigenvalue weighted by molar-refractivity contribution is 5.42. The molecule has 0 saturated carbocycles. The number of hydrogen-bond donors (Lipinski definition) is 2. The summed E-state index contributed by atoms with van der Waals surface area (Å²) in [7, 11) is 0. The second kappa shape index (κ2) is 3.24. The van der Waals surface area contributed by atoms with Crippen LogP contribution >= 0.6 is 0 Å². The van der Waals surface area contributed by atoms with Gasteiger partial charge in [0.1, 0.15) is 5.75 Å². The summed E-state index contributed by atoms with van der Waals surface area (Å²) < 4.78 is 0. The van der Waals surface area contributed by atoms with Crippen molar-refractivity contribution in [1.82, 2.24) is 0 Å². The molecule has 0 aliphatic heterocycles. The van der Waals surface area contributed by atoms with Gasteiger partial charge in [-0.1, -0.05) is 6.07 Å². The standard InChI is InChI=1S/C9H10N2O/c1-6(11)8-3-2-7(5-10)4-9(8)12/h2-4,6,12H,11H2,1H3. The SMILES string of the molecule is CC(N)c1ccc(C#N)cc1O. The molecule has 0 aliphatic rings. The van der Waals surface area contributed by atoms with Gasteiger partial charge in [-0.3, -0.25) is 0 Å². The highest BCUT2D eigenvalue weighted by atomic mass is 16.3.